The van der Waals surface area contributed by atoms with Crippen molar-refractivity contribution in [1.29, 1.82) is 0 Å². The van der Waals surface area contributed by atoms with Crippen LogP contribution in [0.5, 0.6) is 0 Å². The van der Waals surface area contributed by atoms with Crippen LogP contribution in [0.15, 0.2) is 42.7 Å². The maximum atomic E-state index is 12.0. The first-order valence-electron chi connectivity index (χ1n) is 7.42. The molecule has 0 bridgehead atoms. The maximum absolute atomic E-state index is 12.0. The van der Waals surface area contributed by atoms with Gasteiger partial charge in [-0.05, 0) is 45.0 Å². The SMILES string of the molecule is CC(C)(C)OC(=O)c1ccc(Nc2cc(Cl)nn3ccnc23)cc1. The lowest BCUT2D eigenvalue weighted by Gasteiger charge is -2.19. The van der Waals surface area contributed by atoms with Crippen molar-refractivity contribution in [2.75, 3.05) is 5.32 Å². The highest BCUT2D eigenvalue weighted by Crippen LogP contribution is 2.23. The van der Waals surface area contributed by atoms with Gasteiger partial charge in [-0.3, -0.25) is 0 Å². The number of nitrogens with one attached hydrogen (secondary N) is 1. The third kappa shape index (κ3) is 3.65. The predicted octanol–water partition coefficient (Wildman–Crippen LogP) is 4.08. The number of hydrogen-bond acceptors (Lipinski definition) is 5. The molecule has 1 N–H and O–H groups in total. The van der Waals surface area contributed by atoms with E-state index in [0.717, 1.165) is 11.4 Å². The number of carbonyl (C=O) groups excluding carboxylic acids is 1. The van der Waals surface area contributed by atoms with Crippen LogP contribution in [0.1, 0.15) is 31.1 Å². The summed E-state index contributed by atoms with van der Waals surface area (Å²) >= 11 is 6.01. The molecule has 0 fully saturated rings. The maximum Gasteiger partial charge on any atom is 0.338 e. The largest absolute Gasteiger partial charge is 0.456 e. The van der Waals surface area contributed by atoms with Gasteiger partial charge < -0.3 is 10.1 Å². The van der Waals surface area contributed by atoms with Crippen LogP contribution in [0.3, 0.4) is 0 Å². The van der Waals surface area contributed by atoms with Gasteiger partial charge in [0.1, 0.15) is 5.60 Å². The monoisotopic (exact) mass is 344 g/mol. The van der Waals surface area contributed by atoms with E-state index in [1.165, 1.54) is 0 Å². The van der Waals surface area contributed by atoms with E-state index in [1.807, 2.05) is 20.8 Å². The molecular weight excluding hydrogens is 328 g/mol. The second-order valence-electron chi connectivity index (χ2n) is 6.28. The highest BCUT2D eigenvalue weighted by Gasteiger charge is 2.17. The summed E-state index contributed by atoms with van der Waals surface area (Å²) in [4.78, 5) is 16.3. The van der Waals surface area contributed by atoms with Gasteiger partial charge in [0.2, 0.25) is 0 Å². The van der Waals surface area contributed by atoms with Gasteiger partial charge in [0.05, 0.1) is 11.3 Å². The van der Waals surface area contributed by atoms with E-state index in [0.29, 0.717) is 16.4 Å². The molecule has 6 nitrogen and oxygen atoms in total. The molecule has 0 aliphatic rings. The number of rotatable bonds is 3. The summed E-state index contributed by atoms with van der Waals surface area (Å²) in [6, 6.07) is 8.72. The molecule has 0 aliphatic carbocycles. The molecule has 2 aromatic heterocycles. The summed E-state index contributed by atoms with van der Waals surface area (Å²) < 4.78 is 6.94. The van der Waals surface area contributed by atoms with Crippen LogP contribution in [0, 0.1) is 0 Å². The van der Waals surface area contributed by atoms with E-state index >= 15 is 0 Å². The molecule has 0 spiro atoms. The predicted molar refractivity (Wildman–Crippen MR) is 92.9 cm³/mol. The highest BCUT2D eigenvalue weighted by atomic mass is 35.5. The number of carbonyl (C=O) groups is 1. The Bertz CT molecular complexity index is 882. The summed E-state index contributed by atoms with van der Waals surface area (Å²) in [5, 5.41) is 7.71. The zero-order valence-corrected chi connectivity index (χ0v) is 14.3. The van der Waals surface area contributed by atoms with Crippen molar-refractivity contribution in [3.05, 3.63) is 53.4 Å². The molecule has 124 valence electrons. The molecular formula is C17H17ClN4O2. The quantitative estimate of drug-likeness (QED) is 0.725. The molecule has 0 unspecified atom stereocenters. The molecule has 2 heterocycles. The van der Waals surface area contributed by atoms with Gasteiger partial charge in [0.15, 0.2) is 10.8 Å². The zero-order valence-electron chi connectivity index (χ0n) is 13.6. The summed E-state index contributed by atoms with van der Waals surface area (Å²) in [5.74, 6) is -0.350. The van der Waals surface area contributed by atoms with Crippen molar-refractivity contribution < 1.29 is 9.53 Å². The van der Waals surface area contributed by atoms with Gasteiger partial charge in [0.25, 0.3) is 0 Å². The number of aromatic nitrogens is 3. The zero-order chi connectivity index (χ0) is 17.3. The number of hydrogen-bond donors (Lipinski definition) is 1. The minimum atomic E-state index is -0.520. The summed E-state index contributed by atoms with van der Waals surface area (Å²) in [7, 11) is 0. The van der Waals surface area contributed by atoms with Gasteiger partial charge in [-0.25, -0.2) is 14.3 Å². The molecule has 0 aliphatic heterocycles. The second-order valence-corrected chi connectivity index (χ2v) is 6.67. The van der Waals surface area contributed by atoms with Crippen molar-refractivity contribution in [3.8, 4) is 0 Å². The number of fused-ring (bicyclic) bond motifs is 1. The smallest absolute Gasteiger partial charge is 0.338 e. The molecule has 3 aromatic rings. The number of imidazole rings is 1. The Morgan fingerprint density at radius 1 is 1.25 bits per heavy atom. The molecule has 0 saturated heterocycles. The lowest BCUT2D eigenvalue weighted by molar-refractivity contribution is 0.00696. The van der Waals surface area contributed by atoms with Crippen LogP contribution in [-0.2, 0) is 4.74 Å². The normalized spacial score (nSPS) is 11.5. The second kappa shape index (κ2) is 6.13. The van der Waals surface area contributed by atoms with E-state index < -0.39 is 5.60 Å². The van der Waals surface area contributed by atoms with Crippen molar-refractivity contribution in [3.63, 3.8) is 0 Å². The number of anilines is 2. The van der Waals surface area contributed by atoms with E-state index in [2.05, 4.69) is 15.4 Å². The third-order valence-electron chi connectivity index (χ3n) is 3.13. The third-order valence-corrected chi connectivity index (χ3v) is 3.31. The van der Waals surface area contributed by atoms with Crippen molar-refractivity contribution >= 4 is 34.6 Å². The Balaban J connectivity index is 1.81. The average Bonchev–Trinajstić information content (AvgIpc) is 2.94. The summed E-state index contributed by atoms with van der Waals surface area (Å²) in [5.41, 5.74) is 2.16. The fraction of sp³-hybridized carbons (Fsp3) is 0.235. The fourth-order valence-corrected chi connectivity index (χ4v) is 2.35. The number of nitrogens with zero attached hydrogens (tertiary/aromatic N) is 3. The number of esters is 1. The van der Waals surface area contributed by atoms with Gasteiger partial charge in [0, 0.05) is 24.1 Å². The topological polar surface area (TPSA) is 68.5 Å². The Morgan fingerprint density at radius 2 is 1.96 bits per heavy atom. The number of ether oxygens (including phenoxy) is 1. The first-order valence-corrected chi connectivity index (χ1v) is 7.80. The Kier molecular flexibility index (Phi) is 4.15. The van der Waals surface area contributed by atoms with E-state index in [4.69, 9.17) is 16.3 Å². The molecule has 1 aromatic carbocycles. The van der Waals surface area contributed by atoms with Crippen LogP contribution in [0.2, 0.25) is 5.15 Å². The average molecular weight is 345 g/mol. The van der Waals surface area contributed by atoms with E-state index in [1.54, 1.807) is 47.2 Å². The lowest BCUT2D eigenvalue weighted by atomic mass is 10.1. The first kappa shape index (κ1) is 16.3. The van der Waals surface area contributed by atoms with Crippen LogP contribution in [-0.4, -0.2) is 26.2 Å². The molecule has 0 radical (unpaired) electrons. The fourth-order valence-electron chi connectivity index (χ4n) is 2.16. The molecule has 24 heavy (non-hydrogen) atoms. The number of benzene rings is 1. The van der Waals surface area contributed by atoms with Crippen LogP contribution < -0.4 is 5.32 Å². The van der Waals surface area contributed by atoms with E-state index in [-0.39, 0.29) is 5.97 Å². The molecule has 0 amide bonds. The highest BCUT2D eigenvalue weighted by molar-refractivity contribution is 6.29. The minimum Gasteiger partial charge on any atom is -0.456 e. The standard InChI is InChI=1S/C17H17ClN4O2/c1-17(2,3)24-16(23)11-4-6-12(7-5-11)20-13-10-14(18)21-22-9-8-19-15(13)22/h4-10,20H,1-3H3. The molecule has 0 saturated carbocycles. The van der Waals surface area contributed by atoms with Gasteiger partial charge >= 0.3 is 5.97 Å². The van der Waals surface area contributed by atoms with Crippen LogP contribution in [0.4, 0.5) is 11.4 Å². The van der Waals surface area contributed by atoms with Crippen LogP contribution in [0.25, 0.3) is 5.65 Å². The summed E-state index contributed by atoms with van der Waals surface area (Å²) in [6.07, 6.45) is 3.37. The Morgan fingerprint density at radius 3 is 2.62 bits per heavy atom. The molecule has 3 rings (SSSR count). The van der Waals surface area contributed by atoms with Crippen molar-refractivity contribution in [2.24, 2.45) is 0 Å². The Hall–Kier alpha value is -2.60. The summed E-state index contributed by atoms with van der Waals surface area (Å²) in [6.45, 7) is 5.51. The number of halogens is 1. The van der Waals surface area contributed by atoms with Crippen molar-refractivity contribution in [1.82, 2.24) is 14.6 Å². The van der Waals surface area contributed by atoms with Crippen LogP contribution >= 0.6 is 11.6 Å². The minimum absolute atomic E-state index is 0.350. The molecule has 0 atom stereocenters. The Labute approximate surface area is 144 Å². The van der Waals surface area contributed by atoms with Gasteiger partial charge in [-0.1, -0.05) is 11.6 Å². The van der Waals surface area contributed by atoms with Gasteiger partial charge in [-0.15, -0.1) is 0 Å². The first-order chi connectivity index (χ1) is 11.3. The molecule has 7 heteroatoms. The van der Waals surface area contributed by atoms with Gasteiger partial charge in [-0.2, -0.15) is 5.10 Å². The van der Waals surface area contributed by atoms with E-state index in [9.17, 15) is 4.79 Å². The lowest BCUT2D eigenvalue weighted by Crippen LogP contribution is -2.23. The van der Waals surface area contributed by atoms with Crippen molar-refractivity contribution in [2.45, 2.75) is 26.4 Å².